The van der Waals surface area contributed by atoms with Gasteiger partial charge < -0.3 is 9.95 Å². The van der Waals surface area contributed by atoms with Crippen molar-refractivity contribution in [1.29, 1.82) is 0 Å². The third-order valence-corrected chi connectivity index (χ3v) is 2.63. The second-order valence-corrected chi connectivity index (χ2v) is 4.12. The molecule has 0 aliphatic carbocycles. The number of carbonyl (C=O) groups is 1. The first-order chi connectivity index (χ1) is 9.49. The highest BCUT2D eigenvalue weighted by Crippen LogP contribution is 2.13. The van der Waals surface area contributed by atoms with Crippen LogP contribution in [0.5, 0.6) is 0 Å². The van der Waals surface area contributed by atoms with Crippen LogP contribution in [-0.2, 0) is 6.42 Å². The molecule has 20 heavy (non-hydrogen) atoms. The summed E-state index contributed by atoms with van der Waals surface area (Å²) in [6.07, 6.45) is 0.742. The number of anilines is 1. The van der Waals surface area contributed by atoms with E-state index in [1.165, 1.54) is 19.1 Å². The number of ketones is 1. The monoisotopic (exact) mass is 279 g/mol. The number of aryl methyl sites for hydroxylation is 2. The van der Waals surface area contributed by atoms with Crippen LogP contribution < -0.4 is 11.3 Å². The maximum Gasteiger partial charge on any atom is 0.165 e. The lowest BCUT2D eigenvalue weighted by Gasteiger charge is -1.95. The highest BCUT2D eigenvalue weighted by molar-refractivity contribution is 5.95. The molecule has 2 rings (SSSR count). The van der Waals surface area contributed by atoms with Gasteiger partial charge in [0, 0.05) is 5.69 Å². The number of nitrogens with two attached hydrogens (primary N) is 1. The maximum absolute atomic E-state index is 12.2. The van der Waals surface area contributed by atoms with Crippen molar-refractivity contribution in [3.05, 3.63) is 47.1 Å². The van der Waals surface area contributed by atoms with Gasteiger partial charge in [-0.1, -0.05) is 12.1 Å². The normalized spacial score (nSPS) is 9.65. The minimum atomic E-state index is -0.256. The van der Waals surface area contributed by atoms with Crippen LogP contribution in [0.3, 0.4) is 0 Å². The molecule has 2 aromatic rings. The second-order valence-electron chi connectivity index (χ2n) is 4.12. The van der Waals surface area contributed by atoms with E-state index in [4.69, 9.17) is 10.4 Å². The van der Waals surface area contributed by atoms with Crippen LogP contribution >= 0.6 is 0 Å². The van der Waals surface area contributed by atoms with E-state index in [1.54, 1.807) is 19.1 Å². The zero-order valence-corrected chi connectivity index (χ0v) is 11.7. The second kappa shape index (κ2) is 7.40. The average Bonchev–Trinajstić information content (AvgIpc) is 2.81. The molecule has 6 heteroatoms. The van der Waals surface area contributed by atoms with Crippen molar-refractivity contribution in [2.24, 2.45) is 5.84 Å². The Kier molecular flexibility index (Phi) is 5.86. The lowest BCUT2D eigenvalue weighted by Crippen LogP contribution is -2.05. The molecule has 1 heterocycles. The Labute approximate surface area is 116 Å². The molecule has 0 fully saturated rings. The summed E-state index contributed by atoms with van der Waals surface area (Å²) in [6.45, 7) is 5.23. The van der Waals surface area contributed by atoms with Gasteiger partial charge in [-0.05, 0) is 44.5 Å². The summed E-state index contributed by atoms with van der Waals surface area (Å²) in [4.78, 5) is 11.0. The van der Waals surface area contributed by atoms with Crippen LogP contribution in [0.2, 0.25) is 0 Å². The van der Waals surface area contributed by atoms with Gasteiger partial charge in [-0.3, -0.25) is 10.6 Å². The number of Topliss-reactive ketones (excluding diaryl/α,β-unsaturated/α-hetero) is 1. The Bertz CT molecular complexity index is 564. The Morgan fingerprint density at radius 1 is 1.40 bits per heavy atom. The quantitative estimate of drug-likeness (QED) is 0.513. The molecular weight excluding hydrogens is 261 g/mol. The van der Waals surface area contributed by atoms with Crippen molar-refractivity contribution in [3.63, 3.8) is 0 Å². The van der Waals surface area contributed by atoms with Gasteiger partial charge in [0.05, 0.1) is 11.3 Å². The van der Waals surface area contributed by atoms with Crippen molar-refractivity contribution >= 4 is 11.5 Å². The van der Waals surface area contributed by atoms with Gasteiger partial charge in [0.15, 0.2) is 5.78 Å². The van der Waals surface area contributed by atoms with E-state index in [1.807, 2.05) is 6.92 Å². The molecular formula is C14H18FN3O2. The molecule has 0 saturated carbocycles. The van der Waals surface area contributed by atoms with Crippen LogP contribution in [-0.4, -0.2) is 10.9 Å². The van der Waals surface area contributed by atoms with E-state index >= 15 is 0 Å². The fraction of sp³-hybridized carbons (Fsp3) is 0.286. The van der Waals surface area contributed by atoms with Gasteiger partial charge in [0.1, 0.15) is 11.6 Å². The summed E-state index contributed by atoms with van der Waals surface area (Å²) >= 11 is 0. The molecule has 0 amide bonds. The topological polar surface area (TPSA) is 81.2 Å². The van der Waals surface area contributed by atoms with Crippen LogP contribution in [0.25, 0.3) is 0 Å². The number of halogens is 1. The summed E-state index contributed by atoms with van der Waals surface area (Å²) < 4.78 is 17.0. The third kappa shape index (κ3) is 4.17. The van der Waals surface area contributed by atoms with Crippen molar-refractivity contribution in [3.8, 4) is 0 Å². The maximum atomic E-state index is 12.2. The predicted molar refractivity (Wildman–Crippen MR) is 74.8 cm³/mol. The average molecular weight is 279 g/mol. The van der Waals surface area contributed by atoms with Gasteiger partial charge in [-0.2, -0.15) is 0 Å². The molecule has 1 aromatic carbocycles. The Morgan fingerprint density at radius 2 is 2.00 bits per heavy atom. The summed E-state index contributed by atoms with van der Waals surface area (Å²) in [5.41, 5.74) is 4.50. The van der Waals surface area contributed by atoms with Crippen LogP contribution in [0.1, 0.15) is 35.7 Å². The number of hydrogen-bond acceptors (Lipinski definition) is 5. The molecule has 0 unspecified atom stereocenters. The SMILES string of the molecule is CCc1noc(C)c1C(C)=O.NNc1ccc(F)cc1. The molecule has 5 nitrogen and oxygen atoms in total. The van der Waals surface area contributed by atoms with Gasteiger partial charge in [-0.15, -0.1) is 0 Å². The highest BCUT2D eigenvalue weighted by atomic mass is 19.1. The number of nitrogen functional groups attached to an aromatic ring is 1. The molecule has 108 valence electrons. The Balaban J connectivity index is 0.000000204. The standard InChI is InChI=1S/C8H11NO2.C6H7FN2/c1-4-7-8(5(2)10)6(3)11-9-7;7-5-1-3-6(9-8)4-2-5/h4H2,1-3H3;1-4,9H,8H2. The number of nitrogens with one attached hydrogen (secondary N) is 1. The van der Waals surface area contributed by atoms with Crippen molar-refractivity contribution in [1.82, 2.24) is 5.16 Å². The first-order valence-corrected chi connectivity index (χ1v) is 6.17. The van der Waals surface area contributed by atoms with Crippen molar-refractivity contribution in [2.75, 3.05) is 5.43 Å². The smallest absolute Gasteiger partial charge is 0.165 e. The molecule has 1 aromatic heterocycles. The van der Waals surface area contributed by atoms with E-state index in [0.717, 1.165) is 12.1 Å². The van der Waals surface area contributed by atoms with Gasteiger partial charge >= 0.3 is 0 Å². The number of rotatable bonds is 3. The minimum absolute atomic E-state index is 0.0283. The van der Waals surface area contributed by atoms with Crippen LogP contribution in [0, 0.1) is 12.7 Å². The van der Waals surface area contributed by atoms with Crippen molar-refractivity contribution < 1.29 is 13.7 Å². The highest BCUT2D eigenvalue weighted by Gasteiger charge is 2.14. The van der Waals surface area contributed by atoms with Crippen LogP contribution in [0.4, 0.5) is 10.1 Å². The number of nitrogens with zero attached hydrogens (tertiary/aromatic N) is 1. The largest absolute Gasteiger partial charge is 0.361 e. The zero-order valence-electron chi connectivity index (χ0n) is 11.7. The third-order valence-electron chi connectivity index (χ3n) is 2.63. The van der Waals surface area contributed by atoms with E-state index in [0.29, 0.717) is 17.0 Å². The van der Waals surface area contributed by atoms with E-state index in [-0.39, 0.29) is 11.6 Å². The summed E-state index contributed by atoms with van der Waals surface area (Å²) in [6, 6.07) is 5.81. The molecule has 0 spiro atoms. The number of hydrogen-bond donors (Lipinski definition) is 2. The number of aromatic nitrogens is 1. The fourth-order valence-electron chi connectivity index (χ4n) is 1.66. The zero-order chi connectivity index (χ0) is 15.1. The first-order valence-electron chi connectivity index (χ1n) is 6.17. The van der Waals surface area contributed by atoms with Crippen molar-refractivity contribution in [2.45, 2.75) is 27.2 Å². The van der Waals surface area contributed by atoms with Gasteiger partial charge in [0.2, 0.25) is 0 Å². The van der Waals surface area contributed by atoms with E-state index in [2.05, 4.69) is 10.6 Å². The Morgan fingerprint density at radius 3 is 2.40 bits per heavy atom. The number of hydrazine groups is 1. The molecule has 0 radical (unpaired) electrons. The molecule has 3 N–H and O–H groups in total. The van der Waals surface area contributed by atoms with Gasteiger partial charge in [0.25, 0.3) is 0 Å². The fourth-order valence-corrected chi connectivity index (χ4v) is 1.66. The van der Waals surface area contributed by atoms with Crippen LogP contribution in [0.15, 0.2) is 28.8 Å². The summed E-state index contributed by atoms with van der Waals surface area (Å²) in [7, 11) is 0. The Hall–Kier alpha value is -2.21. The number of benzene rings is 1. The number of carbonyl (C=O) groups excluding carboxylic acids is 1. The molecule has 0 aliphatic rings. The summed E-state index contributed by atoms with van der Waals surface area (Å²) in [5.74, 6) is 5.42. The first kappa shape index (κ1) is 15.8. The van der Waals surface area contributed by atoms with E-state index in [9.17, 15) is 9.18 Å². The molecule has 0 saturated heterocycles. The minimum Gasteiger partial charge on any atom is -0.361 e. The lowest BCUT2D eigenvalue weighted by atomic mass is 10.1. The molecule has 0 bridgehead atoms. The van der Waals surface area contributed by atoms with Gasteiger partial charge in [-0.25, -0.2) is 4.39 Å². The summed E-state index contributed by atoms with van der Waals surface area (Å²) in [5, 5.41) is 3.76. The predicted octanol–water partition coefficient (Wildman–Crippen LogP) is 2.86. The molecule has 0 atom stereocenters. The lowest BCUT2D eigenvalue weighted by molar-refractivity contribution is 0.101. The van der Waals surface area contributed by atoms with E-state index < -0.39 is 0 Å². The molecule has 0 aliphatic heterocycles.